The van der Waals surface area contributed by atoms with Gasteiger partial charge in [-0.3, -0.25) is 9.59 Å². The van der Waals surface area contributed by atoms with Crippen LogP contribution in [0.4, 0.5) is 0 Å². The van der Waals surface area contributed by atoms with E-state index < -0.39 is 10.5 Å². The van der Waals surface area contributed by atoms with Crippen molar-refractivity contribution >= 4 is 206 Å². The number of benzene rings is 1. The third-order valence-corrected chi connectivity index (χ3v) is 27.2. The van der Waals surface area contributed by atoms with Gasteiger partial charge < -0.3 is 9.84 Å². The maximum absolute atomic E-state index is 11.8. The molecule has 1 unspecified atom stereocenters. The topological polar surface area (TPSA) is 63.6 Å². The summed E-state index contributed by atoms with van der Waals surface area (Å²) >= 11 is 33.8. The molecule has 1 atom stereocenters. The van der Waals surface area contributed by atoms with E-state index in [0.29, 0.717) is 18.6 Å². The van der Waals surface area contributed by atoms with Crippen molar-refractivity contribution in [2.75, 3.05) is 42.3 Å². The smallest absolute Gasteiger partial charge is 0.306 e. The fourth-order valence-electron chi connectivity index (χ4n) is 4.10. The van der Waals surface area contributed by atoms with Gasteiger partial charge in [0.1, 0.15) is 0 Å². The van der Waals surface area contributed by atoms with E-state index in [0.717, 1.165) is 35.2 Å². The zero-order valence-electron chi connectivity index (χ0n) is 29.7. The number of esters is 1. The molecule has 4 heterocycles. The highest BCUT2D eigenvalue weighted by atomic mass is 32.3. The van der Waals surface area contributed by atoms with Crippen LogP contribution in [0.3, 0.4) is 0 Å². The summed E-state index contributed by atoms with van der Waals surface area (Å²) in [6, 6.07) is 9.19. The minimum Gasteiger partial charge on any atom is -0.466 e. The molecule has 0 fully saturated rings. The molecule has 1 aromatic rings. The van der Waals surface area contributed by atoms with E-state index in [4.69, 9.17) is 9.84 Å². The van der Waals surface area contributed by atoms with E-state index in [1.54, 1.807) is 23.5 Å². The molecule has 20 heteroatoms. The van der Waals surface area contributed by atoms with Crippen LogP contribution >= 0.6 is 189 Å². The van der Waals surface area contributed by atoms with Crippen LogP contribution in [0.2, 0.25) is 0 Å². The number of hydrogen-bond donors (Lipinski definition) is 3. The van der Waals surface area contributed by atoms with Gasteiger partial charge in [0, 0.05) is 43.5 Å². The van der Waals surface area contributed by atoms with Gasteiger partial charge in [-0.1, -0.05) is 131 Å². The van der Waals surface area contributed by atoms with Crippen LogP contribution in [-0.4, -0.2) is 64.9 Å². The van der Waals surface area contributed by atoms with Crippen molar-refractivity contribution in [1.82, 2.24) is 0 Å². The van der Waals surface area contributed by atoms with Crippen molar-refractivity contribution in [2.24, 2.45) is 0 Å². The minimum atomic E-state index is -0.659. The number of aliphatic hydroxyl groups is 1. The van der Waals surface area contributed by atoms with Gasteiger partial charge in [-0.15, -0.1) is 69.3 Å². The Morgan fingerprint density at radius 1 is 0.741 bits per heavy atom. The third kappa shape index (κ3) is 15.0. The van der Waals surface area contributed by atoms with Gasteiger partial charge in [0.05, 0.1) is 57.1 Å². The summed E-state index contributed by atoms with van der Waals surface area (Å²) < 4.78 is 17.5. The van der Waals surface area contributed by atoms with Crippen LogP contribution in [0.25, 0.3) is 0 Å². The van der Waals surface area contributed by atoms with Crippen molar-refractivity contribution < 1.29 is 19.4 Å². The van der Waals surface area contributed by atoms with Gasteiger partial charge in [-0.2, -0.15) is 25.3 Å². The van der Waals surface area contributed by atoms with Gasteiger partial charge >= 0.3 is 5.97 Å². The molecular weight excluding hydrogens is 985 g/mol. The number of hydrogen-bond acceptors (Lipinski definition) is 19. The van der Waals surface area contributed by atoms with Gasteiger partial charge in [0.15, 0.2) is 5.62 Å². The molecule has 4 nitrogen and oxygen atoms in total. The maximum Gasteiger partial charge on any atom is 0.306 e. The lowest BCUT2D eigenvalue weighted by Gasteiger charge is -2.07. The molecule has 296 valence electrons. The summed E-state index contributed by atoms with van der Waals surface area (Å²) in [4.78, 5) is 25.6. The monoisotopic (exact) mass is 1020 g/mol. The van der Waals surface area contributed by atoms with Crippen LogP contribution in [0.5, 0.6) is 0 Å². The molecule has 0 saturated heterocycles. The van der Waals surface area contributed by atoms with Gasteiger partial charge in [-0.25, -0.2) is 0 Å². The van der Waals surface area contributed by atoms with E-state index in [-0.39, 0.29) is 11.9 Å². The molecule has 4 aliphatic rings. The predicted octanol–water partition coefficient (Wildman–Crippen LogP) is 14.5. The van der Waals surface area contributed by atoms with Gasteiger partial charge in [0.2, 0.25) is 0 Å². The Morgan fingerprint density at radius 3 is 1.67 bits per heavy atom. The molecule has 0 amide bonds. The van der Waals surface area contributed by atoms with E-state index in [1.807, 2.05) is 136 Å². The van der Waals surface area contributed by atoms with Gasteiger partial charge in [-0.05, 0) is 37.0 Å². The van der Waals surface area contributed by atoms with Crippen molar-refractivity contribution in [2.45, 2.75) is 38.2 Å². The molecule has 1 aromatic carbocycles. The molecule has 0 saturated carbocycles. The van der Waals surface area contributed by atoms with Crippen molar-refractivity contribution in [1.29, 1.82) is 0 Å². The normalized spacial score (nSPS) is 20.7. The molecule has 0 aliphatic carbocycles. The Labute approximate surface area is 389 Å². The molecule has 0 aromatic heterocycles. The highest BCUT2D eigenvalue weighted by molar-refractivity contribution is 8.44. The summed E-state index contributed by atoms with van der Waals surface area (Å²) in [5, 5.41) is 8.05. The Kier molecular flexibility index (Phi) is 24.0. The number of allylic oxidation sites excluding steroid dienone is 1. The van der Waals surface area contributed by atoms with Crippen molar-refractivity contribution in [3.8, 4) is 0 Å². The van der Waals surface area contributed by atoms with Gasteiger partial charge in [0.25, 0.3) is 0 Å². The summed E-state index contributed by atoms with van der Waals surface area (Å²) in [5.74, 6) is 7.29. The lowest BCUT2D eigenvalue weighted by Crippen LogP contribution is -2.04. The Balaban J connectivity index is 0.000001000. The van der Waals surface area contributed by atoms with Crippen LogP contribution in [0.1, 0.15) is 37.8 Å². The number of rotatable bonds is 18. The molecule has 5 rings (SSSR count). The molecule has 54 heavy (non-hydrogen) atoms. The lowest BCUT2D eigenvalue weighted by molar-refractivity contribution is -0.142. The zero-order chi connectivity index (χ0) is 39.0. The second-order valence-electron chi connectivity index (χ2n) is 10.3. The average Bonchev–Trinajstić information content (AvgIpc) is 4.00. The van der Waals surface area contributed by atoms with Crippen LogP contribution in [0.15, 0.2) is 77.1 Å². The molecular formula is C34H40O4S16. The first-order valence-corrected chi connectivity index (χ1v) is 30.8. The maximum atomic E-state index is 11.8. The first kappa shape index (κ1) is 48.9. The van der Waals surface area contributed by atoms with E-state index >= 15 is 0 Å². The molecule has 0 spiro atoms. The molecule has 4 aliphatic heterocycles. The second kappa shape index (κ2) is 26.5. The van der Waals surface area contributed by atoms with E-state index in [9.17, 15) is 9.59 Å². The van der Waals surface area contributed by atoms with Crippen LogP contribution in [0, 0.1) is 0 Å². The third-order valence-electron chi connectivity index (χ3n) is 6.67. The molecule has 0 bridgehead atoms. The summed E-state index contributed by atoms with van der Waals surface area (Å²) in [6.45, 7) is 4.53. The first-order chi connectivity index (χ1) is 26.2. The Hall–Kier alpha value is 2.23. The number of thioether (sulfide) groups is 13. The average molecular weight is 1030 g/mol. The SMILES string of the molecule is C=S(C=O)CO.CCOC(=O)CCSC1=C(SC)S/C(=C2/SC(CS)=C(SCc3ccc(CSC4=C(SC)S/C(=C5\SC(CC)=C(CS)S5)S4)cc3)S2)S1. The highest BCUT2D eigenvalue weighted by Gasteiger charge is 2.31. The highest BCUT2D eigenvalue weighted by Crippen LogP contribution is 2.66. The fraction of sp³-hybridized carbons (Fsp3) is 0.382. The zero-order valence-corrected chi connectivity index (χ0v) is 43.0. The van der Waals surface area contributed by atoms with Crippen LogP contribution in [-0.2, 0) is 25.8 Å². The second-order valence-corrected chi connectivity index (χ2v) is 27.9. The standard InChI is InChI=1S/C31H34O2S15.C3H6O2S/c1-5-19-20(13-34)42-28(41-19)30-46-25(37-4)27(48-30)40-16-18-9-7-17(8-10-18)15-39-23-21(14-35)43-29(44-23)31-45-24(36-3)26(47-31)38-12-11-22(32)33-6-2;1-6(2-4)3-5/h7-10,34-35H,5-6,11-16H2,1-4H3;2,5H,1,3H2/b30-28-,31-29+;. The van der Waals surface area contributed by atoms with E-state index in [2.05, 4.69) is 74.8 Å². The number of aliphatic hydroxyl groups excluding tert-OH is 1. The predicted molar refractivity (Wildman–Crippen MR) is 279 cm³/mol. The number of carbonyl (C=O) groups excluding carboxylic acids is 2. The number of carbonyl (C=O) groups is 2. The summed E-state index contributed by atoms with van der Waals surface area (Å²) in [6.07, 6.45) is 5.85. The molecule has 0 radical (unpaired) electrons. The quantitative estimate of drug-likeness (QED) is 0.0565. The number of thiol groups is 2. The first-order valence-electron chi connectivity index (χ1n) is 16.0. The Bertz CT molecular complexity index is 1710. The molecule has 1 N–H and O–H groups in total. The summed E-state index contributed by atoms with van der Waals surface area (Å²) in [5.41, 5.74) is 3.35. The van der Waals surface area contributed by atoms with Crippen LogP contribution < -0.4 is 0 Å². The minimum absolute atomic E-state index is 0.119. The largest absolute Gasteiger partial charge is 0.466 e. The lowest BCUT2D eigenvalue weighted by atomic mass is 10.2. The van der Waals surface area contributed by atoms with Crippen molar-refractivity contribution in [3.63, 3.8) is 0 Å². The number of ether oxygens (including phenoxy) is 1. The van der Waals surface area contributed by atoms with E-state index in [1.165, 1.54) is 64.0 Å². The van der Waals surface area contributed by atoms with Crippen molar-refractivity contribution in [3.05, 3.63) is 88.2 Å². The summed E-state index contributed by atoms with van der Waals surface area (Å²) in [7, 11) is -0.659. The fourth-order valence-corrected chi connectivity index (χ4v) is 23.3. The Morgan fingerprint density at radius 2 is 1.20 bits per heavy atom.